The summed E-state index contributed by atoms with van der Waals surface area (Å²) >= 11 is 0. The highest BCUT2D eigenvalue weighted by molar-refractivity contribution is 7.91. The summed E-state index contributed by atoms with van der Waals surface area (Å²) in [6, 6.07) is 12.2. The molecule has 0 radical (unpaired) electrons. The highest BCUT2D eigenvalue weighted by Crippen LogP contribution is 2.38. The maximum absolute atomic E-state index is 13.6. The van der Waals surface area contributed by atoms with Crippen molar-refractivity contribution in [3.8, 4) is 0 Å². The fourth-order valence-electron chi connectivity index (χ4n) is 4.66. The first-order valence-corrected chi connectivity index (χ1v) is 12.7. The Balaban J connectivity index is 1.40. The molecule has 7 nitrogen and oxygen atoms in total. The number of carbonyl (C=O) groups is 1. The van der Waals surface area contributed by atoms with Crippen LogP contribution < -0.4 is 4.90 Å². The van der Waals surface area contributed by atoms with Crippen molar-refractivity contribution >= 4 is 32.5 Å². The Labute approximate surface area is 198 Å². The number of benzene rings is 2. The molecule has 0 unspecified atom stereocenters. The summed E-state index contributed by atoms with van der Waals surface area (Å²) in [6.07, 6.45) is 1.03. The molecule has 1 amide bonds. The van der Waals surface area contributed by atoms with Crippen molar-refractivity contribution < 1.29 is 22.3 Å². The van der Waals surface area contributed by atoms with Crippen LogP contribution in [0.4, 0.5) is 14.9 Å². The molecule has 0 spiro atoms. The third kappa shape index (κ3) is 3.98. The van der Waals surface area contributed by atoms with Gasteiger partial charge in [-0.25, -0.2) is 17.6 Å². The Bertz CT molecular complexity index is 1390. The summed E-state index contributed by atoms with van der Waals surface area (Å²) in [5.41, 5.74) is 1.04. The van der Waals surface area contributed by atoms with Gasteiger partial charge in [-0.2, -0.15) is 0 Å². The zero-order chi connectivity index (χ0) is 24.3. The van der Waals surface area contributed by atoms with Crippen LogP contribution in [-0.2, 0) is 14.6 Å². The molecule has 2 aliphatic rings. The highest BCUT2D eigenvalue weighted by atomic mass is 32.2. The van der Waals surface area contributed by atoms with E-state index in [1.54, 1.807) is 11.0 Å². The van der Waals surface area contributed by atoms with E-state index in [-0.39, 0.29) is 21.9 Å². The molecule has 2 aliphatic heterocycles. The van der Waals surface area contributed by atoms with Gasteiger partial charge in [-0.1, -0.05) is 18.2 Å². The predicted molar refractivity (Wildman–Crippen MR) is 126 cm³/mol. The van der Waals surface area contributed by atoms with Gasteiger partial charge >= 0.3 is 6.09 Å². The average molecular weight is 484 g/mol. The van der Waals surface area contributed by atoms with E-state index in [4.69, 9.17) is 4.74 Å². The number of anilines is 1. The van der Waals surface area contributed by atoms with Crippen LogP contribution in [0.3, 0.4) is 0 Å². The van der Waals surface area contributed by atoms with E-state index < -0.39 is 21.3 Å². The van der Waals surface area contributed by atoms with Gasteiger partial charge in [0.2, 0.25) is 9.84 Å². The number of hydrogen-bond donors (Lipinski definition) is 0. The lowest BCUT2D eigenvalue weighted by Crippen LogP contribution is -2.59. The second-order valence-electron chi connectivity index (χ2n) is 9.85. The molecule has 9 heteroatoms. The van der Waals surface area contributed by atoms with E-state index in [0.29, 0.717) is 29.9 Å². The van der Waals surface area contributed by atoms with Crippen molar-refractivity contribution in [3.63, 3.8) is 0 Å². The molecule has 0 bridgehead atoms. The number of amides is 1. The molecule has 34 heavy (non-hydrogen) atoms. The molecular weight excluding hydrogens is 457 g/mol. The summed E-state index contributed by atoms with van der Waals surface area (Å²) < 4.78 is 45.1. The zero-order valence-electron chi connectivity index (χ0n) is 19.2. The molecule has 3 aromatic rings. The smallest absolute Gasteiger partial charge is 0.410 e. The second kappa shape index (κ2) is 7.94. The number of nitrogens with zero attached hydrogens (tertiary/aromatic N) is 3. The quantitative estimate of drug-likeness (QED) is 0.554. The van der Waals surface area contributed by atoms with Crippen molar-refractivity contribution in [2.24, 2.45) is 5.92 Å². The minimum absolute atomic E-state index is 0.0142. The standard InChI is InChI=1S/C25H26FN3O4S/c1-25(2,3)33-24(30)29-14-17-13-28(15-22(17)29)21-9-4-6-16-10-20(12-27-23(16)21)34(31,32)19-8-5-7-18(26)11-19/h4-12,17,22H,13-15H2,1-3H3/t17-,22-/m0/s1. The summed E-state index contributed by atoms with van der Waals surface area (Å²) in [6.45, 7) is 7.67. The van der Waals surface area contributed by atoms with Crippen LogP contribution in [0, 0.1) is 11.7 Å². The minimum Gasteiger partial charge on any atom is -0.444 e. The Hall–Kier alpha value is -3.20. The van der Waals surface area contributed by atoms with Crippen LogP contribution in [-0.4, -0.2) is 55.7 Å². The van der Waals surface area contributed by atoms with Gasteiger partial charge < -0.3 is 14.5 Å². The van der Waals surface area contributed by atoms with E-state index in [9.17, 15) is 17.6 Å². The number of rotatable bonds is 3. The molecule has 1 aromatic heterocycles. The number of ether oxygens (including phenoxy) is 1. The third-order valence-corrected chi connectivity index (χ3v) is 8.01. The van der Waals surface area contributed by atoms with Crippen molar-refractivity contribution in [1.82, 2.24) is 9.88 Å². The van der Waals surface area contributed by atoms with Crippen molar-refractivity contribution in [2.75, 3.05) is 24.5 Å². The lowest BCUT2D eigenvalue weighted by Gasteiger charge is -2.43. The van der Waals surface area contributed by atoms with Gasteiger partial charge in [0.05, 0.1) is 27.0 Å². The fraction of sp³-hybridized carbons (Fsp3) is 0.360. The number of halogens is 1. The number of pyridine rings is 1. The van der Waals surface area contributed by atoms with Gasteiger partial charge in [-0.05, 0) is 51.1 Å². The van der Waals surface area contributed by atoms with Gasteiger partial charge in [-0.15, -0.1) is 0 Å². The first-order chi connectivity index (χ1) is 16.0. The number of likely N-dealkylation sites (tertiary alicyclic amines) is 1. The number of hydrogen-bond acceptors (Lipinski definition) is 6. The Morgan fingerprint density at radius 3 is 2.56 bits per heavy atom. The number of carbonyl (C=O) groups excluding carboxylic acids is 1. The number of fused-ring (bicyclic) bond motifs is 2. The molecule has 0 saturated carbocycles. The fourth-order valence-corrected chi connectivity index (χ4v) is 5.93. The number of aromatic nitrogens is 1. The van der Waals surface area contributed by atoms with Crippen LogP contribution in [0.5, 0.6) is 0 Å². The maximum atomic E-state index is 13.6. The van der Waals surface area contributed by atoms with Crippen LogP contribution in [0.2, 0.25) is 0 Å². The molecule has 3 heterocycles. The van der Waals surface area contributed by atoms with Gasteiger partial charge in [-0.3, -0.25) is 4.98 Å². The maximum Gasteiger partial charge on any atom is 0.410 e. The van der Waals surface area contributed by atoms with E-state index in [1.807, 2.05) is 39.0 Å². The monoisotopic (exact) mass is 483 g/mol. The Morgan fingerprint density at radius 2 is 1.82 bits per heavy atom. The molecule has 0 aliphatic carbocycles. The van der Waals surface area contributed by atoms with Gasteiger partial charge in [0.25, 0.3) is 0 Å². The predicted octanol–water partition coefficient (Wildman–Crippen LogP) is 4.26. The summed E-state index contributed by atoms with van der Waals surface area (Å²) in [5, 5.41) is 0.679. The summed E-state index contributed by atoms with van der Waals surface area (Å²) in [4.78, 5) is 20.9. The topological polar surface area (TPSA) is 79.8 Å². The molecule has 2 aromatic carbocycles. The van der Waals surface area contributed by atoms with Crippen LogP contribution in [0.1, 0.15) is 20.8 Å². The largest absolute Gasteiger partial charge is 0.444 e. The van der Waals surface area contributed by atoms with E-state index in [1.165, 1.54) is 24.4 Å². The minimum atomic E-state index is -3.90. The van der Waals surface area contributed by atoms with Crippen LogP contribution in [0.25, 0.3) is 10.9 Å². The van der Waals surface area contributed by atoms with Gasteiger partial charge in [0.15, 0.2) is 0 Å². The van der Waals surface area contributed by atoms with Crippen molar-refractivity contribution in [3.05, 3.63) is 60.5 Å². The normalized spacial score (nSPS) is 20.2. The van der Waals surface area contributed by atoms with Crippen molar-refractivity contribution in [1.29, 1.82) is 0 Å². The van der Waals surface area contributed by atoms with Crippen LogP contribution in [0.15, 0.2) is 64.5 Å². The first kappa shape index (κ1) is 22.6. The highest BCUT2D eigenvalue weighted by Gasteiger charge is 2.49. The van der Waals surface area contributed by atoms with E-state index >= 15 is 0 Å². The number of sulfone groups is 1. The second-order valence-corrected chi connectivity index (χ2v) is 11.8. The molecular formula is C25H26FN3O4S. The first-order valence-electron chi connectivity index (χ1n) is 11.2. The Morgan fingerprint density at radius 1 is 1.06 bits per heavy atom. The molecule has 2 fully saturated rings. The van der Waals surface area contributed by atoms with E-state index in [2.05, 4.69) is 9.88 Å². The Kier molecular flexibility index (Phi) is 5.27. The van der Waals surface area contributed by atoms with Crippen LogP contribution >= 0.6 is 0 Å². The molecule has 178 valence electrons. The zero-order valence-corrected chi connectivity index (χ0v) is 20.0. The molecule has 0 N–H and O–H groups in total. The average Bonchev–Trinajstić information content (AvgIpc) is 3.07. The molecule has 2 saturated heterocycles. The number of para-hydroxylation sites is 1. The summed E-state index contributed by atoms with van der Waals surface area (Å²) in [5.74, 6) is -0.253. The SMILES string of the molecule is CC(C)(C)OC(=O)N1C[C@@H]2CN(c3cccc4cc(S(=O)(=O)c5cccc(F)c5)cnc34)C[C@@H]21. The molecule has 5 rings (SSSR count). The van der Waals surface area contributed by atoms with Crippen molar-refractivity contribution in [2.45, 2.75) is 42.2 Å². The lowest BCUT2D eigenvalue weighted by molar-refractivity contribution is -0.0163. The lowest BCUT2D eigenvalue weighted by atomic mass is 9.93. The third-order valence-electron chi connectivity index (χ3n) is 6.29. The van der Waals surface area contributed by atoms with Gasteiger partial charge in [0, 0.05) is 37.1 Å². The molecule has 2 atom stereocenters. The van der Waals surface area contributed by atoms with Gasteiger partial charge in [0.1, 0.15) is 11.4 Å². The summed E-state index contributed by atoms with van der Waals surface area (Å²) in [7, 11) is -3.90. The van der Waals surface area contributed by atoms with E-state index in [0.717, 1.165) is 18.3 Å².